The lowest BCUT2D eigenvalue weighted by Gasteiger charge is -2.22. The Morgan fingerprint density at radius 2 is 2.40 bits per heavy atom. The average Bonchev–Trinajstić information content (AvgIpc) is 2.96. The molecule has 1 fully saturated rings. The van der Waals surface area contributed by atoms with Crippen LogP contribution in [0.3, 0.4) is 0 Å². The topological polar surface area (TPSA) is 101 Å². The Hall–Kier alpha value is -1.51. The molecule has 1 atom stereocenters. The monoisotopic (exact) mass is 283 g/mol. The number of carbonyl (C=O) groups excluding carboxylic acids is 1. The highest BCUT2D eigenvalue weighted by Crippen LogP contribution is 2.16. The molecule has 112 valence electrons. The standard InChI is InChI=1S/C12H21N5O3/c1-20-8-10(18)6-14-12(19)11-7-17(16-15-11)9-2-4-13-5-3-9/h7,9-10,13,18H,2-6,8H2,1H3,(H,14,19). The van der Waals surface area contributed by atoms with Crippen molar-refractivity contribution in [2.75, 3.05) is 33.4 Å². The number of aromatic nitrogens is 3. The van der Waals surface area contributed by atoms with Gasteiger partial charge in [-0.3, -0.25) is 4.79 Å². The summed E-state index contributed by atoms with van der Waals surface area (Å²) in [5, 5.41) is 23.2. The van der Waals surface area contributed by atoms with E-state index in [2.05, 4.69) is 20.9 Å². The van der Waals surface area contributed by atoms with Crippen molar-refractivity contribution in [1.29, 1.82) is 0 Å². The van der Waals surface area contributed by atoms with Gasteiger partial charge in [-0.25, -0.2) is 4.68 Å². The normalized spacial score (nSPS) is 17.9. The van der Waals surface area contributed by atoms with Gasteiger partial charge in [0, 0.05) is 13.7 Å². The van der Waals surface area contributed by atoms with Gasteiger partial charge in [-0.05, 0) is 25.9 Å². The van der Waals surface area contributed by atoms with Crippen LogP contribution in [0.1, 0.15) is 29.4 Å². The first-order valence-corrected chi connectivity index (χ1v) is 6.78. The molecular weight excluding hydrogens is 262 g/mol. The summed E-state index contributed by atoms with van der Waals surface area (Å²) in [5.41, 5.74) is 0.271. The zero-order chi connectivity index (χ0) is 14.4. The number of ether oxygens (including phenoxy) is 1. The predicted octanol–water partition coefficient (Wildman–Crippen LogP) is -1.06. The van der Waals surface area contributed by atoms with Crippen LogP contribution in [0.5, 0.6) is 0 Å². The maximum absolute atomic E-state index is 11.9. The van der Waals surface area contributed by atoms with Gasteiger partial charge in [-0.1, -0.05) is 5.21 Å². The Morgan fingerprint density at radius 1 is 1.65 bits per heavy atom. The van der Waals surface area contributed by atoms with Gasteiger partial charge in [0.15, 0.2) is 5.69 Å². The van der Waals surface area contributed by atoms with Crippen molar-refractivity contribution < 1.29 is 14.6 Å². The highest BCUT2D eigenvalue weighted by molar-refractivity contribution is 5.91. The van der Waals surface area contributed by atoms with E-state index in [4.69, 9.17) is 4.74 Å². The number of aliphatic hydroxyl groups is 1. The maximum atomic E-state index is 11.9. The lowest BCUT2D eigenvalue weighted by molar-refractivity contribution is 0.0608. The molecule has 1 amide bonds. The molecule has 20 heavy (non-hydrogen) atoms. The van der Waals surface area contributed by atoms with Crippen LogP contribution in [-0.2, 0) is 4.74 Å². The molecule has 1 aromatic rings. The fraction of sp³-hybridized carbons (Fsp3) is 0.750. The summed E-state index contributed by atoms with van der Waals surface area (Å²) in [4.78, 5) is 11.9. The van der Waals surface area contributed by atoms with Gasteiger partial charge in [0.25, 0.3) is 5.91 Å². The van der Waals surface area contributed by atoms with Gasteiger partial charge in [0.05, 0.1) is 24.9 Å². The molecule has 0 radical (unpaired) electrons. The minimum absolute atomic E-state index is 0.132. The van der Waals surface area contributed by atoms with Crippen molar-refractivity contribution in [2.24, 2.45) is 0 Å². The van der Waals surface area contributed by atoms with Crippen LogP contribution in [0.25, 0.3) is 0 Å². The number of rotatable bonds is 6. The van der Waals surface area contributed by atoms with Crippen molar-refractivity contribution in [1.82, 2.24) is 25.6 Å². The first kappa shape index (κ1) is 14.9. The molecule has 1 aromatic heterocycles. The number of carbonyl (C=O) groups is 1. The molecule has 8 nitrogen and oxygen atoms in total. The molecule has 2 heterocycles. The van der Waals surface area contributed by atoms with Crippen molar-refractivity contribution in [2.45, 2.75) is 25.0 Å². The summed E-state index contributed by atoms with van der Waals surface area (Å²) in [6.45, 7) is 2.22. The number of amides is 1. The molecular formula is C12H21N5O3. The Kier molecular flexibility index (Phi) is 5.45. The smallest absolute Gasteiger partial charge is 0.273 e. The van der Waals surface area contributed by atoms with E-state index >= 15 is 0 Å². The van der Waals surface area contributed by atoms with E-state index in [-0.39, 0.29) is 24.8 Å². The molecule has 1 aliphatic rings. The largest absolute Gasteiger partial charge is 0.389 e. The first-order chi connectivity index (χ1) is 9.70. The van der Waals surface area contributed by atoms with Crippen molar-refractivity contribution in [3.63, 3.8) is 0 Å². The molecule has 1 saturated heterocycles. The Morgan fingerprint density at radius 3 is 3.10 bits per heavy atom. The predicted molar refractivity (Wildman–Crippen MR) is 71.4 cm³/mol. The van der Waals surface area contributed by atoms with E-state index in [1.165, 1.54) is 7.11 Å². The number of nitrogens with zero attached hydrogens (tertiary/aromatic N) is 3. The number of aliphatic hydroxyl groups excluding tert-OH is 1. The summed E-state index contributed by atoms with van der Waals surface area (Å²) in [7, 11) is 1.50. The van der Waals surface area contributed by atoms with E-state index in [1.54, 1.807) is 10.9 Å². The van der Waals surface area contributed by atoms with Gasteiger partial charge in [0.1, 0.15) is 0 Å². The van der Waals surface area contributed by atoms with Crippen LogP contribution in [-0.4, -0.2) is 65.5 Å². The highest BCUT2D eigenvalue weighted by atomic mass is 16.5. The van der Waals surface area contributed by atoms with Crippen LogP contribution in [0.2, 0.25) is 0 Å². The van der Waals surface area contributed by atoms with Crippen molar-refractivity contribution in [3.05, 3.63) is 11.9 Å². The summed E-state index contributed by atoms with van der Waals surface area (Å²) in [6, 6.07) is 0.296. The number of piperidine rings is 1. The molecule has 0 aliphatic carbocycles. The lowest BCUT2D eigenvalue weighted by Crippen LogP contribution is -2.34. The van der Waals surface area contributed by atoms with Crippen LogP contribution in [0.15, 0.2) is 6.20 Å². The second-order valence-electron chi connectivity index (χ2n) is 4.88. The van der Waals surface area contributed by atoms with Crippen molar-refractivity contribution >= 4 is 5.91 Å². The zero-order valence-electron chi connectivity index (χ0n) is 11.6. The van der Waals surface area contributed by atoms with Crippen LogP contribution < -0.4 is 10.6 Å². The second-order valence-corrected chi connectivity index (χ2v) is 4.88. The third-order valence-corrected chi connectivity index (χ3v) is 3.28. The summed E-state index contributed by atoms with van der Waals surface area (Å²) < 4.78 is 6.54. The second kappa shape index (κ2) is 7.32. The van der Waals surface area contributed by atoms with Crippen molar-refractivity contribution in [3.8, 4) is 0 Å². The van der Waals surface area contributed by atoms with E-state index in [1.807, 2.05) is 0 Å². The SMILES string of the molecule is COCC(O)CNC(=O)c1cn(C2CCNCC2)nn1. The molecule has 0 saturated carbocycles. The molecule has 0 aromatic carbocycles. The van der Waals surface area contributed by atoms with E-state index in [0.717, 1.165) is 25.9 Å². The molecule has 1 unspecified atom stereocenters. The number of hydrogen-bond donors (Lipinski definition) is 3. The third-order valence-electron chi connectivity index (χ3n) is 3.28. The highest BCUT2D eigenvalue weighted by Gasteiger charge is 2.19. The molecule has 2 rings (SSSR count). The Labute approximate surface area is 117 Å². The van der Waals surface area contributed by atoms with E-state index in [9.17, 15) is 9.90 Å². The summed E-state index contributed by atoms with van der Waals surface area (Å²) in [6.07, 6.45) is 2.91. The maximum Gasteiger partial charge on any atom is 0.273 e. The number of nitrogens with one attached hydrogen (secondary N) is 2. The fourth-order valence-electron chi connectivity index (χ4n) is 2.18. The third kappa shape index (κ3) is 3.99. The Bertz CT molecular complexity index is 430. The van der Waals surface area contributed by atoms with Gasteiger partial charge in [0.2, 0.25) is 0 Å². The van der Waals surface area contributed by atoms with Gasteiger partial charge >= 0.3 is 0 Å². The Balaban J connectivity index is 1.86. The minimum atomic E-state index is -0.719. The van der Waals surface area contributed by atoms with E-state index in [0.29, 0.717) is 6.04 Å². The molecule has 1 aliphatic heterocycles. The average molecular weight is 283 g/mol. The quantitative estimate of drug-likeness (QED) is 0.615. The lowest BCUT2D eigenvalue weighted by atomic mass is 10.1. The van der Waals surface area contributed by atoms with Crippen LogP contribution >= 0.6 is 0 Å². The molecule has 0 spiro atoms. The summed E-state index contributed by atoms with van der Waals surface area (Å²) in [5.74, 6) is -0.333. The molecule has 0 bridgehead atoms. The molecule has 3 N–H and O–H groups in total. The minimum Gasteiger partial charge on any atom is -0.389 e. The van der Waals surface area contributed by atoms with Gasteiger partial charge in [-0.2, -0.15) is 0 Å². The van der Waals surface area contributed by atoms with Gasteiger partial charge in [-0.15, -0.1) is 5.10 Å². The fourth-order valence-corrected chi connectivity index (χ4v) is 2.18. The zero-order valence-corrected chi connectivity index (χ0v) is 11.6. The number of methoxy groups -OCH3 is 1. The van der Waals surface area contributed by atoms with Crippen LogP contribution in [0, 0.1) is 0 Å². The van der Waals surface area contributed by atoms with E-state index < -0.39 is 6.10 Å². The summed E-state index contributed by atoms with van der Waals surface area (Å²) >= 11 is 0. The van der Waals surface area contributed by atoms with Crippen LogP contribution in [0.4, 0.5) is 0 Å². The number of hydrogen-bond acceptors (Lipinski definition) is 6. The molecule has 8 heteroatoms. The van der Waals surface area contributed by atoms with Gasteiger partial charge < -0.3 is 20.5 Å². The first-order valence-electron chi connectivity index (χ1n) is 6.78.